The van der Waals surface area contributed by atoms with E-state index in [0.29, 0.717) is 4.47 Å². The first kappa shape index (κ1) is 15.3. The second kappa shape index (κ2) is 5.71. The highest BCUT2D eigenvalue weighted by Crippen LogP contribution is 2.25. The molecule has 0 spiro atoms. The monoisotopic (exact) mass is 369 g/mol. The summed E-state index contributed by atoms with van der Waals surface area (Å²) in [7, 11) is -4.05. The van der Waals surface area contributed by atoms with Crippen LogP contribution in [0.1, 0.15) is 5.56 Å². The van der Waals surface area contributed by atoms with E-state index in [0.717, 1.165) is 18.2 Å². The van der Waals surface area contributed by atoms with Crippen molar-refractivity contribution in [2.75, 3.05) is 10.5 Å². The zero-order valence-electron chi connectivity index (χ0n) is 10.5. The number of sulfonamides is 1. The van der Waals surface area contributed by atoms with Crippen LogP contribution in [0.15, 0.2) is 45.8 Å². The van der Waals surface area contributed by atoms with Crippen molar-refractivity contribution < 1.29 is 12.8 Å². The SMILES string of the molecule is N#Cc1ccc(Br)cc1NS(=O)(=O)c1cc(N)cc(F)c1. The Kier molecular flexibility index (Phi) is 4.16. The van der Waals surface area contributed by atoms with Gasteiger partial charge in [0.25, 0.3) is 10.0 Å². The molecule has 108 valence electrons. The maximum atomic E-state index is 13.3. The van der Waals surface area contributed by atoms with E-state index in [9.17, 15) is 12.8 Å². The van der Waals surface area contributed by atoms with Gasteiger partial charge in [-0.3, -0.25) is 4.72 Å². The van der Waals surface area contributed by atoms with Crippen molar-refractivity contribution in [3.05, 3.63) is 52.3 Å². The predicted octanol–water partition coefficient (Wildman–Crippen LogP) is 2.84. The lowest BCUT2D eigenvalue weighted by atomic mass is 10.2. The molecule has 0 aliphatic carbocycles. The number of hydrogen-bond donors (Lipinski definition) is 2. The van der Waals surface area contributed by atoms with Gasteiger partial charge in [0, 0.05) is 10.2 Å². The topological polar surface area (TPSA) is 96.0 Å². The molecule has 0 amide bonds. The Balaban J connectivity index is 2.47. The minimum atomic E-state index is -4.05. The number of nitrogen functional groups attached to an aromatic ring is 1. The molecule has 21 heavy (non-hydrogen) atoms. The average Bonchev–Trinajstić information content (AvgIpc) is 2.37. The van der Waals surface area contributed by atoms with E-state index in [1.807, 2.05) is 6.07 Å². The average molecular weight is 370 g/mol. The Morgan fingerprint density at radius 2 is 1.95 bits per heavy atom. The molecule has 0 aliphatic heterocycles. The Morgan fingerprint density at radius 3 is 2.57 bits per heavy atom. The van der Waals surface area contributed by atoms with E-state index in [1.54, 1.807) is 6.07 Å². The number of hydrogen-bond acceptors (Lipinski definition) is 4. The van der Waals surface area contributed by atoms with Crippen LogP contribution >= 0.6 is 15.9 Å². The molecule has 5 nitrogen and oxygen atoms in total. The van der Waals surface area contributed by atoms with Crippen LogP contribution in [0.4, 0.5) is 15.8 Å². The Labute approximate surface area is 129 Å². The lowest BCUT2D eigenvalue weighted by Crippen LogP contribution is -2.14. The minimum Gasteiger partial charge on any atom is -0.399 e. The Bertz CT molecular complexity index is 827. The van der Waals surface area contributed by atoms with Crippen molar-refractivity contribution in [2.24, 2.45) is 0 Å². The van der Waals surface area contributed by atoms with Crippen molar-refractivity contribution >= 4 is 37.3 Å². The highest BCUT2D eigenvalue weighted by atomic mass is 79.9. The zero-order valence-corrected chi connectivity index (χ0v) is 12.9. The number of anilines is 2. The first-order valence-corrected chi connectivity index (χ1v) is 7.88. The van der Waals surface area contributed by atoms with E-state index in [4.69, 9.17) is 11.0 Å². The van der Waals surface area contributed by atoms with Crippen LogP contribution in [0.3, 0.4) is 0 Å². The third-order valence-corrected chi connectivity index (χ3v) is 4.39. The molecule has 8 heteroatoms. The van der Waals surface area contributed by atoms with E-state index in [2.05, 4.69) is 20.7 Å². The maximum absolute atomic E-state index is 13.3. The molecule has 0 aromatic heterocycles. The van der Waals surface area contributed by atoms with Crippen molar-refractivity contribution in [2.45, 2.75) is 4.90 Å². The summed E-state index contributed by atoms with van der Waals surface area (Å²) < 4.78 is 40.6. The van der Waals surface area contributed by atoms with Crippen LogP contribution in [-0.4, -0.2) is 8.42 Å². The zero-order chi connectivity index (χ0) is 15.6. The summed E-state index contributed by atoms with van der Waals surface area (Å²) in [5, 5.41) is 8.98. The number of nitrogens with two attached hydrogens (primary N) is 1. The van der Waals surface area contributed by atoms with Gasteiger partial charge in [-0.1, -0.05) is 15.9 Å². The third-order valence-electron chi connectivity index (χ3n) is 2.55. The molecule has 0 bridgehead atoms. The molecule has 0 heterocycles. The highest BCUT2D eigenvalue weighted by molar-refractivity contribution is 9.10. The summed E-state index contributed by atoms with van der Waals surface area (Å²) in [5.74, 6) is -0.759. The van der Waals surface area contributed by atoms with Gasteiger partial charge in [0.05, 0.1) is 16.1 Å². The quantitative estimate of drug-likeness (QED) is 0.812. The number of nitrogens with one attached hydrogen (secondary N) is 1. The van der Waals surface area contributed by atoms with E-state index in [1.165, 1.54) is 12.1 Å². The first-order chi connectivity index (χ1) is 9.81. The first-order valence-electron chi connectivity index (χ1n) is 5.60. The number of benzene rings is 2. The molecule has 0 saturated heterocycles. The fourth-order valence-electron chi connectivity index (χ4n) is 1.64. The summed E-state index contributed by atoms with van der Waals surface area (Å²) in [6.45, 7) is 0. The van der Waals surface area contributed by atoms with E-state index in [-0.39, 0.29) is 21.8 Å². The second-order valence-electron chi connectivity index (χ2n) is 4.13. The van der Waals surface area contributed by atoms with Gasteiger partial charge in [-0.2, -0.15) is 5.26 Å². The number of nitrogens with zero attached hydrogens (tertiary/aromatic N) is 1. The van der Waals surface area contributed by atoms with Crippen LogP contribution in [0.5, 0.6) is 0 Å². The molecule has 0 fully saturated rings. The molecule has 2 rings (SSSR count). The summed E-state index contributed by atoms with van der Waals surface area (Å²) in [4.78, 5) is -0.316. The smallest absolute Gasteiger partial charge is 0.262 e. The molecular formula is C13H9BrFN3O2S. The van der Waals surface area contributed by atoms with Gasteiger partial charge in [0.15, 0.2) is 0 Å². The summed E-state index contributed by atoms with van der Waals surface area (Å²) in [5.41, 5.74) is 5.67. The van der Waals surface area contributed by atoms with Crippen LogP contribution in [0.2, 0.25) is 0 Å². The molecule has 2 aromatic rings. The van der Waals surface area contributed by atoms with Gasteiger partial charge in [-0.05, 0) is 36.4 Å². The molecule has 2 aromatic carbocycles. The van der Waals surface area contributed by atoms with Gasteiger partial charge < -0.3 is 5.73 Å². The molecule has 0 radical (unpaired) electrons. The van der Waals surface area contributed by atoms with Gasteiger partial charge in [-0.25, -0.2) is 12.8 Å². The number of rotatable bonds is 3. The number of nitriles is 1. The Hall–Kier alpha value is -2.11. The van der Waals surface area contributed by atoms with Crippen LogP contribution in [-0.2, 0) is 10.0 Å². The predicted molar refractivity (Wildman–Crippen MR) is 80.5 cm³/mol. The summed E-state index contributed by atoms with van der Waals surface area (Å²) in [6.07, 6.45) is 0. The van der Waals surface area contributed by atoms with Crippen LogP contribution in [0, 0.1) is 17.1 Å². The standard InChI is InChI=1S/C13H9BrFN3O2S/c14-9-2-1-8(7-16)13(3-9)18-21(19,20)12-5-10(15)4-11(17)6-12/h1-6,18H,17H2. The summed E-state index contributed by atoms with van der Waals surface area (Å²) >= 11 is 3.19. The van der Waals surface area contributed by atoms with E-state index >= 15 is 0 Å². The third kappa shape index (κ3) is 3.51. The fraction of sp³-hybridized carbons (Fsp3) is 0. The fourth-order valence-corrected chi connectivity index (χ4v) is 3.14. The van der Waals surface area contributed by atoms with Crippen molar-refractivity contribution in [1.29, 1.82) is 5.26 Å². The van der Waals surface area contributed by atoms with Crippen molar-refractivity contribution in [3.8, 4) is 6.07 Å². The Morgan fingerprint density at radius 1 is 1.24 bits per heavy atom. The lowest BCUT2D eigenvalue weighted by molar-refractivity contribution is 0.595. The molecule has 0 unspecified atom stereocenters. The van der Waals surface area contributed by atoms with Gasteiger partial charge >= 0.3 is 0 Å². The molecular weight excluding hydrogens is 361 g/mol. The van der Waals surface area contributed by atoms with E-state index < -0.39 is 15.8 Å². The largest absolute Gasteiger partial charge is 0.399 e. The van der Waals surface area contributed by atoms with Crippen molar-refractivity contribution in [1.82, 2.24) is 0 Å². The summed E-state index contributed by atoms with van der Waals surface area (Å²) in [6, 6.07) is 9.38. The van der Waals surface area contributed by atoms with Gasteiger partial charge in [0.1, 0.15) is 11.9 Å². The maximum Gasteiger partial charge on any atom is 0.262 e. The molecule has 0 aliphatic rings. The highest BCUT2D eigenvalue weighted by Gasteiger charge is 2.18. The van der Waals surface area contributed by atoms with Crippen LogP contribution in [0.25, 0.3) is 0 Å². The second-order valence-corrected chi connectivity index (χ2v) is 6.73. The normalized spacial score (nSPS) is 10.9. The van der Waals surface area contributed by atoms with Gasteiger partial charge in [0.2, 0.25) is 0 Å². The number of halogens is 2. The molecule has 0 atom stereocenters. The van der Waals surface area contributed by atoms with Gasteiger partial charge in [-0.15, -0.1) is 0 Å². The lowest BCUT2D eigenvalue weighted by Gasteiger charge is -2.10. The molecule has 3 N–H and O–H groups in total. The molecule has 0 saturated carbocycles. The van der Waals surface area contributed by atoms with Crippen LogP contribution < -0.4 is 10.5 Å². The van der Waals surface area contributed by atoms with Crippen molar-refractivity contribution in [3.63, 3.8) is 0 Å². The minimum absolute atomic E-state index is 0.00914.